The third kappa shape index (κ3) is 7.41. The standard InChI is InChI=1S/C20H34O4/c1-4-6-7-8-9-10-11-12-13-14-15-18(21)24-20-16(3)23-17(5-2)19(20)22/h22H,4-15H2,1-3H3. The number of carbonyl (C=O) groups is 1. The van der Waals surface area contributed by atoms with Crippen LogP contribution in [0.1, 0.15) is 96.0 Å². The van der Waals surface area contributed by atoms with Gasteiger partial charge in [0.25, 0.3) is 0 Å². The zero-order valence-corrected chi connectivity index (χ0v) is 15.7. The lowest BCUT2D eigenvalue weighted by molar-refractivity contribution is -0.134. The van der Waals surface area contributed by atoms with Crippen molar-refractivity contribution in [3.63, 3.8) is 0 Å². The highest BCUT2D eigenvalue weighted by molar-refractivity contribution is 5.73. The van der Waals surface area contributed by atoms with Gasteiger partial charge in [0, 0.05) is 12.8 Å². The summed E-state index contributed by atoms with van der Waals surface area (Å²) in [6.45, 7) is 5.82. The Kier molecular flexibility index (Phi) is 10.3. The Hall–Kier alpha value is -1.45. The molecular formula is C20H34O4. The molecule has 4 nitrogen and oxygen atoms in total. The number of hydrogen-bond acceptors (Lipinski definition) is 4. The normalized spacial score (nSPS) is 11.0. The van der Waals surface area contributed by atoms with Crippen LogP contribution in [0, 0.1) is 6.92 Å². The number of furan rings is 1. The molecule has 0 bridgehead atoms. The molecule has 0 spiro atoms. The Morgan fingerprint density at radius 3 is 2.00 bits per heavy atom. The van der Waals surface area contributed by atoms with Crippen molar-refractivity contribution in [2.45, 2.75) is 97.8 Å². The van der Waals surface area contributed by atoms with Crippen molar-refractivity contribution in [1.29, 1.82) is 0 Å². The first-order chi connectivity index (χ1) is 11.6. The molecule has 24 heavy (non-hydrogen) atoms. The molecule has 0 aliphatic heterocycles. The molecule has 0 saturated heterocycles. The summed E-state index contributed by atoms with van der Waals surface area (Å²) in [4.78, 5) is 11.9. The van der Waals surface area contributed by atoms with Crippen LogP contribution in [0.4, 0.5) is 0 Å². The number of aryl methyl sites for hydroxylation is 2. The number of esters is 1. The maximum absolute atomic E-state index is 11.9. The molecule has 1 aromatic rings. The zero-order valence-electron chi connectivity index (χ0n) is 15.7. The van der Waals surface area contributed by atoms with E-state index in [-0.39, 0.29) is 17.5 Å². The SMILES string of the molecule is CCCCCCCCCCCCC(=O)Oc1c(C)oc(CC)c1O. The summed E-state index contributed by atoms with van der Waals surface area (Å²) in [5.74, 6) is 0.779. The van der Waals surface area contributed by atoms with E-state index in [1.807, 2.05) is 6.92 Å². The van der Waals surface area contributed by atoms with Gasteiger partial charge in [0.1, 0.15) is 11.5 Å². The van der Waals surface area contributed by atoms with Crippen LogP contribution in [0.3, 0.4) is 0 Å². The number of hydrogen-bond donors (Lipinski definition) is 1. The summed E-state index contributed by atoms with van der Waals surface area (Å²) in [6, 6.07) is 0. The van der Waals surface area contributed by atoms with Gasteiger partial charge in [-0.1, -0.05) is 71.6 Å². The minimum Gasteiger partial charge on any atom is -0.502 e. The summed E-state index contributed by atoms with van der Waals surface area (Å²) in [5, 5.41) is 9.93. The van der Waals surface area contributed by atoms with E-state index in [9.17, 15) is 9.90 Å². The molecule has 0 aliphatic rings. The topological polar surface area (TPSA) is 59.7 Å². The molecule has 0 fully saturated rings. The molecule has 0 unspecified atom stereocenters. The second-order valence-electron chi connectivity index (χ2n) is 6.52. The lowest BCUT2D eigenvalue weighted by atomic mass is 10.1. The van der Waals surface area contributed by atoms with Gasteiger partial charge in [0.2, 0.25) is 11.5 Å². The van der Waals surface area contributed by atoms with Gasteiger partial charge in [-0.2, -0.15) is 0 Å². The van der Waals surface area contributed by atoms with Gasteiger partial charge in [-0.25, -0.2) is 0 Å². The predicted octanol–water partition coefficient (Wildman–Crippen LogP) is 6.07. The van der Waals surface area contributed by atoms with E-state index in [2.05, 4.69) is 6.92 Å². The van der Waals surface area contributed by atoms with E-state index in [0.717, 1.165) is 12.8 Å². The first-order valence-corrected chi connectivity index (χ1v) is 9.62. The quantitative estimate of drug-likeness (QED) is 0.350. The van der Waals surface area contributed by atoms with Crippen molar-refractivity contribution < 1.29 is 19.1 Å². The summed E-state index contributed by atoms with van der Waals surface area (Å²) < 4.78 is 10.6. The highest BCUT2D eigenvalue weighted by atomic mass is 16.6. The van der Waals surface area contributed by atoms with Crippen LogP contribution in [0.15, 0.2) is 4.42 Å². The number of aromatic hydroxyl groups is 1. The Morgan fingerprint density at radius 1 is 0.958 bits per heavy atom. The summed E-state index contributed by atoms with van der Waals surface area (Å²) in [5.41, 5.74) is 0. The molecule has 138 valence electrons. The maximum Gasteiger partial charge on any atom is 0.311 e. The van der Waals surface area contributed by atoms with Crippen molar-refractivity contribution in [1.82, 2.24) is 0 Å². The van der Waals surface area contributed by atoms with Crippen molar-refractivity contribution in [2.24, 2.45) is 0 Å². The molecule has 0 aromatic carbocycles. The van der Waals surface area contributed by atoms with Gasteiger partial charge in [0.15, 0.2) is 0 Å². The zero-order chi connectivity index (χ0) is 17.8. The molecule has 1 N–H and O–H groups in total. The Morgan fingerprint density at radius 2 is 1.50 bits per heavy atom. The lowest BCUT2D eigenvalue weighted by Gasteiger charge is -2.04. The van der Waals surface area contributed by atoms with Crippen LogP contribution in [0.2, 0.25) is 0 Å². The Labute approximate surface area is 146 Å². The number of carbonyl (C=O) groups excluding carboxylic acids is 1. The highest BCUT2D eigenvalue weighted by Crippen LogP contribution is 2.37. The summed E-state index contributed by atoms with van der Waals surface area (Å²) in [6.07, 6.45) is 13.3. The third-order valence-corrected chi connectivity index (χ3v) is 4.35. The van der Waals surface area contributed by atoms with Gasteiger partial charge in [0.05, 0.1) is 0 Å². The van der Waals surface area contributed by atoms with Crippen LogP contribution >= 0.6 is 0 Å². The molecular weight excluding hydrogens is 304 g/mol. The largest absolute Gasteiger partial charge is 0.502 e. The fourth-order valence-corrected chi connectivity index (χ4v) is 2.85. The smallest absolute Gasteiger partial charge is 0.311 e. The fourth-order valence-electron chi connectivity index (χ4n) is 2.85. The molecule has 4 heteroatoms. The van der Waals surface area contributed by atoms with Gasteiger partial charge in [-0.3, -0.25) is 4.79 Å². The second kappa shape index (κ2) is 12.0. The van der Waals surface area contributed by atoms with E-state index in [1.54, 1.807) is 6.92 Å². The summed E-state index contributed by atoms with van der Waals surface area (Å²) in [7, 11) is 0. The number of rotatable bonds is 13. The molecule has 1 heterocycles. The first-order valence-electron chi connectivity index (χ1n) is 9.62. The lowest BCUT2D eigenvalue weighted by Crippen LogP contribution is -2.07. The van der Waals surface area contributed by atoms with Crippen LogP contribution in [-0.4, -0.2) is 11.1 Å². The van der Waals surface area contributed by atoms with E-state index in [1.165, 1.54) is 51.4 Å². The summed E-state index contributed by atoms with van der Waals surface area (Å²) >= 11 is 0. The predicted molar refractivity (Wildman–Crippen MR) is 96.6 cm³/mol. The van der Waals surface area contributed by atoms with E-state index < -0.39 is 0 Å². The fraction of sp³-hybridized carbons (Fsp3) is 0.750. The molecule has 0 atom stereocenters. The van der Waals surface area contributed by atoms with Crippen LogP contribution in [0.5, 0.6) is 11.5 Å². The van der Waals surface area contributed by atoms with Gasteiger partial charge < -0.3 is 14.3 Å². The Balaban J connectivity index is 2.09. The molecule has 0 aliphatic carbocycles. The average molecular weight is 338 g/mol. The first kappa shape index (κ1) is 20.6. The second-order valence-corrected chi connectivity index (χ2v) is 6.52. The van der Waals surface area contributed by atoms with E-state index in [4.69, 9.17) is 9.15 Å². The monoisotopic (exact) mass is 338 g/mol. The number of ether oxygens (including phenoxy) is 1. The molecule has 1 rings (SSSR count). The van der Waals surface area contributed by atoms with Crippen molar-refractivity contribution in [3.8, 4) is 11.5 Å². The average Bonchev–Trinajstić information content (AvgIpc) is 2.84. The minimum absolute atomic E-state index is 0.0357. The molecule has 0 amide bonds. The highest BCUT2D eigenvalue weighted by Gasteiger charge is 2.19. The van der Waals surface area contributed by atoms with Crippen LogP contribution in [0.25, 0.3) is 0 Å². The van der Waals surface area contributed by atoms with Gasteiger partial charge >= 0.3 is 5.97 Å². The molecule has 1 aromatic heterocycles. The van der Waals surface area contributed by atoms with Crippen molar-refractivity contribution in [3.05, 3.63) is 11.5 Å². The van der Waals surface area contributed by atoms with Gasteiger partial charge in [-0.15, -0.1) is 0 Å². The number of unbranched alkanes of at least 4 members (excludes halogenated alkanes) is 9. The minimum atomic E-state index is -0.295. The van der Waals surface area contributed by atoms with E-state index >= 15 is 0 Å². The maximum atomic E-state index is 11.9. The Bertz CT molecular complexity index is 476. The van der Waals surface area contributed by atoms with Gasteiger partial charge in [-0.05, 0) is 13.3 Å². The third-order valence-electron chi connectivity index (χ3n) is 4.35. The van der Waals surface area contributed by atoms with Crippen LogP contribution in [-0.2, 0) is 11.2 Å². The van der Waals surface area contributed by atoms with E-state index in [0.29, 0.717) is 24.4 Å². The van der Waals surface area contributed by atoms with Crippen LogP contribution < -0.4 is 4.74 Å². The molecule has 0 saturated carbocycles. The van der Waals surface area contributed by atoms with Crippen molar-refractivity contribution in [2.75, 3.05) is 0 Å². The molecule has 0 radical (unpaired) electrons. The van der Waals surface area contributed by atoms with Crippen molar-refractivity contribution >= 4 is 5.97 Å².